The highest BCUT2D eigenvalue weighted by Crippen LogP contribution is 2.45. The van der Waals surface area contributed by atoms with Crippen molar-refractivity contribution in [3.8, 4) is 23.0 Å². The summed E-state index contributed by atoms with van der Waals surface area (Å²) in [5.41, 5.74) is -0.0492. The number of benzene rings is 1. The maximum absolute atomic E-state index is 12.0. The average Bonchev–Trinajstić information content (AvgIpc) is 3.10. The zero-order valence-electron chi connectivity index (χ0n) is 14.5. The lowest BCUT2D eigenvalue weighted by Crippen LogP contribution is -2.13. The summed E-state index contributed by atoms with van der Waals surface area (Å²) in [4.78, 5) is 23.9. The van der Waals surface area contributed by atoms with Crippen LogP contribution in [0.15, 0.2) is 27.4 Å². The lowest BCUT2D eigenvalue weighted by Gasteiger charge is -2.18. The van der Waals surface area contributed by atoms with Crippen LogP contribution in [0.3, 0.4) is 0 Å². The van der Waals surface area contributed by atoms with Crippen LogP contribution in [-0.2, 0) is 9.53 Å². The molecular formula is C18H18O8. The Morgan fingerprint density at radius 3 is 2.73 bits per heavy atom. The van der Waals surface area contributed by atoms with Crippen molar-refractivity contribution in [2.24, 2.45) is 0 Å². The van der Waals surface area contributed by atoms with Crippen LogP contribution in [0.2, 0.25) is 0 Å². The lowest BCUT2D eigenvalue weighted by atomic mass is 9.91. The third-order valence-corrected chi connectivity index (χ3v) is 4.07. The third-order valence-electron chi connectivity index (χ3n) is 4.07. The van der Waals surface area contributed by atoms with Gasteiger partial charge in [0.1, 0.15) is 5.76 Å². The summed E-state index contributed by atoms with van der Waals surface area (Å²) in [7, 11) is 2.73. The molecule has 1 aliphatic rings. The van der Waals surface area contributed by atoms with Crippen LogP contribution >= 0.6 is 0 Å². The second-order valence-electron chi connectivity index (χ2n) is 5.72. The Bertz CT molecular complexity index is 899. The highest BCUT2D eigenvalue weighted by atomic mass is 16.7. The van der Waals surface area contributed by atoms with E-state index >= 15 is 0 Å². The molecule has 138 valence electrons. The molecule has 26 heavy (non-hydrogen) atoms. The van der Waals surface area contributed by atoms with Gasteiger partial charge in [0.2, 0.25) is 23.7 Å². The first-order valence-electron chi connectivity index (χ1n) is 7.82. The minimum atomic E-state index is -0.779. The maximum Gasteiger partial charge on any atom is 0.306 e. The lowest BCUT2D eigenvalue weighted by molar-refractivity contribution is -0.140. The second-order valence-corrected chi connectivity index (χ2v) is 5.72. The number of carbonyl (C=O) groups is 1. The van der Waals surface area contributed by atoms with Crippen molar-refractivity contribution in [1.82, 2.24) is 0 Å². The molecule has 0 amide bonds. The molecule has 1 aromatic heterocycles. The molecule has 0 fully saturated rings. The van der Waals surface area contributed by atoms with Gasteiger partial charge >= 0.3 is 5.97 Å². The van der Waals surface area contributed by atoms with E-state index in [4.69, 9.17) is 23.4 Å². The Balaban J connectivity index is 2.17. The number of rotatable bonds is 5. The van der Waals surface area contributed by atoms with Gasteiger partial charge in [-0.05, 0) is 24.6 Å². The van der Waals surface area contributed by atoms with E-state index in [0.717, 1.165) is 0 Å². The Hall–Kier alpha value is -3.16. The highest BCUT2D eigenvalue weighted by Gasteiger charge is 2.30. The second kappa shape index (κ2) is 6.99. The van der Waals surface area contributed by atoms with Crippen molar-refractivity contribution in [3.05, 3.63) is 45.5 Å². The molecule has 0 spiro atoms. The molecule has 1 unspecified atom stereocenters. The van der Waals surface area contributed by atoms with E-state index in [1.165, 1.54) is 20.3 Å². The molecule has 1 atom stereocenters. The van der Waals surface area contributed by atoms with Gasteiger partial charge in [-0.15, -0.1) is 0 Å². The quantitative estimate of drug-likeness (QED) is 0.806. The molecule has 3 rings (SSSR count). The Morgan fingerprint density at radius 1 is 1.27 bits per heavy atom. The third kappa shape index (κ3) is 3.17. The van der Waals surface area contributed by atoms with E-state index in [0.29, 0.717) is 28.6 Å². The molecule has 0 aliphatic carbocycles. The van der Waals surface area contributed by atoms with E-state index in [9.17, 15) is 14.7 Å². The fourth-order valence-electron chi connectivity index (χ4n) is 2.82. The first-order chi connectivity index (χ1) is 12.4. The number of hydrogen-bond acceptors (Lipinski definition) is 8. The van der Waals surface area contributed by atoms with Crippen LogP contribution in [-0.4, -0.2) is 32.1 Å². The van der Waals surface area contributed by atoms with Gasteiger partial charge in [0.25, 0.3) is 0 Å². The predicted molar refractivity (Wildman–Crippen MR) is 89.0 cm³/mol. The minimum Gasteiger partial charge on any atom is -0.502 e. The summed E-state index contributed by atoms with van der Waals surface area (Å²) in [6, 6.07) is 4.47. The summed E-state index contributed by atoms with van der Waals surface area (Å²) >= 11 is 0. The van der Waals surface area contributed by atoms with Crippen LogP contribution in [0.5, 0.6) is 23.0 Å². The van der Waals surface area contributed by atoms with Crippen LogP contribution < -0.4 is 19.6 Å². The van der Waals surface area contributed by atoms with Gasteiger partial charge in [-0.3, -0.25) is 9.59 Å². The number of carbonyl (C=O) groups excluding carboxylic acids is 1. The van der Waals surface area contributed by atoms with E-state index in [-0.39, 0.29) is 19.0 Å². The van der Waals surface area contributed by atoms with E-state index in [1.807, 2.05) is 0 Å². The molecule has 1 aliphatic heterocycles. The predicted octanol–water partition coefficient (Wildman–Crippen LogP) is 2.09. The van der Waals surface area contributed by atoms with Crippen molar-refractivity contribution in [1.29, 1.82) is 0 Å². The number of ether oxygens (including phenoxy) is 4. The summed E-state index contributed by atoms with van der Waals surface area (Å²) in [5.74, 6) is -0.299. The molecule has 0 radical (unpaired) electrons. The smallest absolute Gasteiger partial charge is 0.306 e. The normalized spacial score (nSPS) is 13.3. The highest BCUT2D eigenvalue weighted by molar-refractivity contribution is 5.71. The Morgan fingerprint density at radius 2 is 2.04 bits per heavy atom. The van der Waals surface area contributed by atoms with E-state index in [1.54, 1.807) is 19.1 Å². The summed E-state index contributed by atoms with van der Waals surface area (Å²) in [6.07, 6.45) is -0.154. The number of aryl methyl sites for hydroxylation is 1. The molecule has 0 saturated carbocycles. The van der Waals surface area contributed by atoms with Crippen molar-refractivity contribution < 1.29 is 33.3 Å². The molecular weight excluding hydrogens is 344 g/mol. The van der Waals surface area contributed by atoms with Crippen molar-refractivity contribution >= 4 is 5.97 Å². The molecule has 1 N–H and O–H groups in total. The fraction of sp³-hybridized carbons (Fsp3) is 0.333. The topological polar surface area (TPSA) is 104 Å². The fourth-order valence-corrected chi connectivity index (χ4v) is 2.82. The van der Waals surface area contributed by atoms with Crippen LogP contribution in [0, 0.1) is 6.92 Å². The van der Waals surface area contributed by atoms with Crippen molar-refractivity contribution in [2.45, 2.75) is 19.3 Å². The standard InChI is InChI=1S/C18H18O8/c1-9-4-12(19)16(21)17(26-9)11(7-15(20)23-3)10-5-13(22-2)18-14(6-10)24-8-25-18/h4-6,11,21H,7-8H2,1-3H3. The molecule has 2 heterocycles. The summed E-state index contributed by atoms with van der Waals surface area (Å²) in [5, 5.41) is 10.2. The van der Waals surface area contributed by atoms with Crippen LogP contribution in [0.4, 0.5) is 0 Å². The number of methoxy groups -OCH3 is 2. The Labute approximate surface area is 148 Å². The molecule has 8 nitrogen and oxygen atoms in total. The SMILES string of the molecule is COC(=O)CC(c1cc(OC)c2c(c1)OCO2)c1oc(C)cc(=O)c1O. The number of aromatic hydroxyl groups is 1. The summed E-state index contributed by atoms with van der Waals surface area (Å²) < 4.78 is 26.4. The molecule has 1 aromatic carbocycles. The molecule has 0 bridgehead atoms. The van der Waals surface area contributed by atoms with E-state index < -0.39 is 23.1 Å². The average molecular weight is 362 g/mol. The van der Waals surface area contributed by atoms with Gasteiger partial charge in [-0.1, -0.05) is 0 Å². The zero-order chi connectivity index (χ0) is 18.8. The maximum atomic E-state index is 12.0. The summed E-state index contributed by atoms with van der Waals surface area (Å²) in [6.45, 7) is 1.63. The number of fused-ring (bicyclic) bond motifs is 1. The number of esters is 1. The van der Waals surface area contributed by atoms with Crippen LogP contribution in [0.1, 0.15) is 29.4 Å². The van der Waals surface area contributed by atoms with Crippen molar-refractivity contribution in [3.63, 3.8) is 0 Å². The van der Waals surface area contributed by atoms with Crippen molar-refractivity contribution in [2.75, 3.05) is 21.0 Å². The van der Waals surface area contributed by atoms with Gasteiger partial charge in [0.05, 0.1) is 26.6 Å². The first-order valence-corrected chi connectivity index (χ1v) is 7.82. The van der Waals surface area contributed by atoms with Gasteiger partial charge < -0.3 is 28.5 Å². The van der Waals surface area contributed by atoms with Crippen LogP contribution in [0.25, 0.3) is 0 Å². The van der Waals surface area contributed by atoms with Gasteiger partial charge in [0, 0.05) is 6.07 Å². The monoisotopic (exact) mass is 362 g/mol. The first kappa shape index (κ1) is 17.7. The van der Waals surface area contributed by atoms with Gasteiger partial charge in [0.15, 0.2) is 17.3 Å². The van der Waals surface area contributed by atoms with E-state index in [2.05, 4.69) is 0 Å². The Kier molecular flexibility index (Phi) is 4.75. The molecule has 8 heteroatoms. The van der Waals surface area contributed by atoms with Gasteiger partial charge in [-0.25, -0.2) is 0 Å². The zero-order valence-corrected chi connectivity index (χ0v) is 14.5. The number of hydrogen-bond donors (Lipinski definition) is 1. The molecule has 0 saturated heterocycles. The molecule has 2 aromatic rings. The van der Waals surface area contributed by atoms with Gasteiger partial charge in [-0.2, -0.15) is 0 Å². The largest absolute Gasteiger partial charge is 0.502 e. The minimum absolute atomic E-state index is 0.0266.